The summed E-state index contributed by atoms with van der Waals surface area (Å²) in [5.41, 5.74) is 0.368. The summed E-state index contributed by atoms with van der Waals surface area (Å²) in [6.45, 7) is 1.55. The van der Waals surface area contributed by atoms with Gasteiger partial charge in [0, 0.05) is 0 Å². The molecule has 0 unspecified atom stereocenters. The van der Waals surface area contributed by atoms with Gasteiger partial charge in [0.15, 0.2) is 17.6 Å². The first kappa shape index (κ1) is 20.8. The Morgan fingerprint density at radius 1 is 0.893 bits per heavy atom. The highest BCUT2D eigenvalue weighted by Gasteiger charge is 2.21. The van der Waals surface area contributed by atoms with E-state index in [9.17, 15) is 14.4 Å². The lowest BCUT2D eigenvalue weighted by Crippen LogP contribution is -2.31. The molecule has 0 bridgehead atoms. The number of methoxy groups -OCH3 is 3. The van der Waals surface area contributed by atoms with Crippen LogP contribution in [0.15, 0.2) is 42.5 Å². The minimum atomic E-state index is -0.913. The van der Waals surface area contributed by atoms with Crippen LogP contribution in [0.5, 0.6) is 11.5 Å². The Labute approximate surface area is 162 Å². The van der Waals surface area contributed by atoms with Crippen molar-refractivity contribution in [3.8, 4) is 11.5 Å². The number of esters is 2. The summed E-state index contributed by atoms with van der Waals surface area (Å²) < 4.78 is 20.2. The highest BCUT2D eigenvalue weighted by atomic mass is 16.5. The molecule has 8 heteroatoms. The van der Waals surface area contributed by atoms with Crippen molar-refractivity contribution < 1.29 is 33.3 Å². The summed E-state index contributed by atoms with van der Waals surface area (Å²) in [4.78, 5) is 36.3. The van der Waals surface area contributed by atoms with Crippen molar-refractivity contribution in [3.63, 3.8) is 0 Å². The minimum Gasteiger partial charge on any atom is -0.493 e. The summed E-state index contributed by atoms with van der Waals surface area (Å²) >= 11 is 0. The molecule has 0 saturated carbocycles. The number of anilines is 1. The number of hydrogen-bond acceptors (Lipinski definition) is 7. The molecule has 0 spiro atoms. The largest absolute Gasteiger partial charge is 0.493 e. The maximum absolute atomic E-state index is 12.6. The summed E-state index contributed by atoms with van der Waals surface area (Å²) in [7, 11) is 3.95. The van der Waals surface area contributed by atoms with Crippen LogP contribution >= 0.6 is 0 Å². The number of amides is 1. The van der Waals surface area contributed by atoms with Crippen LogP contribution in [0.25, 0.3) is 0 Å². The lowest BCUT2D eigenvalue weighted by molar-refractivity contribution is -0.122. The van der Waals surface area contributed by atoms with Gasteiger partial charge in [0.2, 0.25) is 0 Å². The standard InChI is InChI=1S/C20H21NO7/c1-12(28-17-8-6-5-7-16(17)25-2)18(22)21-15-11-13(19(23)26-3)9-10-14(15)20(24)27-4/h5-12H,1-4H3,(H,21,22)/t12-/m1/s1. The van der Waals surface area contributed by atoms with Gasteiger partial charge in [-0.25, -0.2) is 9.59 Å². The van der Waals surface area contributed by atoms with Crippen LogP contribution in [-0.4, -0.2) is 45.3 Å². The molecule has 0 aliphatic heterocycles. The minimum absolute atomic E-state index is 0.0907. The van der Waals surface area contributed by atoms with Gasteiger partial charge < -0.3 is 24.3 Å². The lowest BCUT2D eigenvalue weighted by atomic mass is 10.1. The SMILES string of the molecule is COC(=O)c1ccc(C(=O)OC)c(NC(=O)[C@@H](C)Oc2ccccc2OC)c1. The molecule has 8 nitrogen and oxygen atoms in total. The first-order chi connectivity index (χ1) is 13.4. The van der Waals surface area contributed by atoms with Crippen molar-refractivity contribution in [3.05, 3.63) is 53.6 Å². The van der Waals surface area contributed by atoms with E-state index in [-0.39, 0.29) is 16.8 Å². The molecule has 28 heavy (non-hydrogen) atoms. The molecule has 0 aliphatic carbocycles. The third-order valence-electron chi connectivity index (χ3n) is 3.85. The van der Waals surface area contributed by atoms with Gasteiger partial charge in [-0.15, -0.1) is 0 Å². The van der Waals surface area contributed by atoms with E-state index < -0.39 is 23.9 Å². The normalized spacial score (nSPS) is 11.1. The molecule has 0 radical (unpaired) electrons. The van der Waals surface area contributed by atoms with Crippen molar-refractivity contribution in [1.29, 1.82) is 0 Å². The Bertz CT molecular complexity index is 879. The zero-order valence-electron chi connectivity index (χ0n) is 16.0. The number of nitrogens with one attached hydrogen (secondary N) is 1. The number of benzene rings is 2. The quantitative estimate of drug-likeness (QED) is 0.729. The van der Waals surface area contributed by atoms with Gasteiger partial charge >= 0.3 is 11.9 Å². The van der Waals surface area contributed by atoms with Gasteiger partial charge in [-0.1, -0.05) is 12.1 Å². The highest BCUT2D eigenvalue weighted by Crippen LogP contribution is 2.27. The average Bonchev–Trinajstić information content (AvgIpc) is 2.72. The van der Waals surface area contributed by atoms with Crippen LogP contribution in [0.4, 0.5) is 5.69 Å². The van der Waals surface area contributed by atoms with Crippen molar-refractivity contribution in [2.45, 2.75) is 13.0 Å². The maximum Gasteiger partial charge on any atom is 0.339 e. The summed E-state index contributed by atoms with van der Waals surface area (Å²) in [6.07, 6.45) is -0.913. The fourth-order valence-electron chi connectivity index (χ4n) is 2.37. The van der Waals surface area contributed by atoms with Crippen molar-refractivity contribution in [1.82, 2.24) is 0 Å². The Morgan fingerprint density at radius 3 is 2.14 bits per heavy atom. The van der Waals surface area contributed by atoms with E-state index in [4.69, 9.17) is 14.2 Å². The molecule has 1 atom stereocenters. The Morgan fingerprint density at radius 2 is 1.54 bits per heavy atom. The maximum atomic E-state index is 12.6. The Balaban J connectivity index is 2.25. The van der Waals surface area contributed by atoms with E-state index in [0.717, 1.165) is 0 Å². The smallest absolute Gasteiger partial charge is 0.339 e. The van der Waals surface area contributed by atoms with E-state index in [1.165, 1.54) is 39.5 Å². The molecular weight excluding hydrogens is 366 g/mol. The van der Waals surface area contributed by atoms with E-state index in [0.29, 0.717) is 11.5 Å². The zero-order valence-corrected chi connectivity index (χ0v) is 16.0. The molecule has 1 amide bonds. The first-order valence-electron chi connectivity index (χ1n) is 8.32. The number of carbonyl (C=O) groups excluding carboxylic acids is 3. The van der Waals surface area contributed by atoms with Gasteiger partial charge in [-0.2, -0.15) is 0 Å². The molecular formula is C20H21NO7. The fourth-order valence-corrected chi connectivity index (χ4v) is 2.37. The zero-order chi connectivity index (χ0) is 20.7. The molecule has 2 aromatic carbocycles. The van der Waals surface area contributed by atoms with Crippen LogP contribution in [0.2, 0.25) is 0 Å². The number of rotatable bonds is 7. The molecule has 0 aliphatic rings. The summed E-state index contributed by atoms with van der Waals surface area (Å²) in [6, 6.07) is 11.0. The Kier molecular flexibility index (Phi) is 6.97. The second-order valence-electron chi connectivity index (χ2n) is 5.64. The fraction of sp³-hybridized carbons (Fsp3) is 0.250. The van der Waals surface area contributed by atoms with Gasteiger partial charge in [-0.05, 0) is 37.3 Å². The number of para-hydroxylation sites is 2. The third-order valence-corrected chi connectivity index (χ3v) is 3.85. The molecule has 0 fully saturated rings. The predicted molar refractivity (Wildman–Crippen MR) is 101 cm³/mol. The van der Waals surface area contributed by atoms with Crippen LogP contribution in [0.3, 0.4) is 0 Å². The van der Waals surface area contributed by atoms with Crippen molar-refractivity contribution >= 4 is 23.5 Å². The van der Waals surface area contributed by atoms with E-state index in [1.807, 2.05) is 0 Å². The number of hydrogen-bond donors (Lipinski definition) is 1. The molecule has 0 aromatic heterocycles. The average molecular weight is 387 g/mol. The van der Waals surface area contributed by atoms with Crippen LogP contribution in [0, 0.1) is 0 Å². The van der Waals surface area contributed by atoms with Crippen LogP contribution in [-0.2, 0) is 14.3 Å². The Hall–Kier alpha value is -3.55. The van der Waals surface area contributed by atoms with Crippen LogP contribution < -0.4 is 14.8 Å². The number of carbonyl (C=O) groups is 3. The van der Waals surface area contributed by atoms with Gasteiger partial charge in [0.1, 0.15) is 0 Å². The van der Waals surface area contributed by atoms with E-state index in [1.54, 1.807) is 31.2 Å². The molecule has 0 heterocycles. The molecule has 2 aromatic rings. The number of ether oxygens (including phenoxy) is 4. The van der Waals surface area contributed by atoms with E-state index in [2.05, 4.69) is 10.1 Å². The van der Waals surface area contributed by atoms with Gasteiger partial charge in [-0.3, -0.25) is 4.79 Å². The van der Waals surface area contributed by atoms with Crippen LogP contribution in [0.1, 0.15) is 27.6 Å². The summed E-state index contributed by atoms with van der Waals surface area (Å²) in [5, 5.41) is 2.59. The topological polar surface area (TPSA) is 100 Å². The molecule has 148 valence electrons. The highest BCUT2D eigenvalue weighted by molar-refractivity contribution is 6.04. The summed E-state index contributed by atoms with van der Waals surface area (Å²) in [5.74, 6) is -0.928. The lowest BCUT2D eigenvalue weighted by Gasteiger charge is -2.18. The first-order valence-corrected chi connectivity index (χ1v) is 8.32. The van der Waals surface area contributed by atoms with Crippen molar-refractivity contribution in [2.24, 2.45) is 0 Å². The second-order valence-corrected chi connectivity index (χ2v) is 5.64. The monoisotopic (exact) mass is 387 g/mol. The van der Waals surface area contributed by atoms with Gasteiger partial charge in [0.25, 0.3) is 5.91 Å². The third kappa shape index (κ3) is 4.79. The second kappa shape index (κ2) is 9.40. The molecule has 2 rings (SSSR count). The van der Waals surface area contributed by atoms with E-state index >= 15 is 0 Å². The molecule has 1 N–H and O–H groups in total. The predicted octanol–water partition coefficient (Wildman–Crippen LogP) is 2.67. The molecule has 0 saturated heterocycles. The van der Waals surface area contributed by atoms with Gasteiger partial charge in [0.05, 0.1) is 38.1 Å². The van der Waals surface area contributed by atoms with Crippen molar-refractivity contribution in [2.75, 3.05) is 26.6 Å².